The Kier molecular flexibility index (Phi) is 6.12. The van der Waals surface area contributed by atoms with Gasteiger partial charge in [0.05, 0.1) is 0 Å². The number of allylic oxidation sites excluding steroid dienone is 1. The Balaban J connectivity index is 1.54. The van der Waals surface area contributed by atoms with Crippen molar-refractivity contribution in [3.8, 4) is 0 Å². The summed E-state index contributed by atoms with van der Waals surface area (Å²) in [6.07, 6.45) is 18.1. The first-order valence-corrected chi connectivity index (χ1v) is 7.84. The molecule has 98 valence electrons. The predicted octanol–water partition coefficient (Wildman–Crippen LogP) is 4.44. The van der Waals surface area contributed by atoms with Gasteiger partial charge in [-0.2, -0.15) is 0 Å². The SMILES string of the molecule is C1=C(CCNCC2CCCCCC2)CCCC1. The Morgan fingerprint density at radius 3 is 2.53 bits per heavy atom. The molecule has 0 aliphatic heterocycles. The molecule has 0 unspecified atom stereocenters. The molecule has 2 aliphatic rings. The van der Waals surface area contributed by atoms with Crippen LogP contribution in [0.1, 0.15) is 70.6 Å². The largest absolute Gasteiger partial charge is 0.316 e. The molecule has 2 rings (SSSR count). The zero-order valence-electron chi connectivity index (χ0n) is 11.3. The van der Waals surface area contributed by atoms with Gasteiger partial charge in [0, 0.05) is 0 Å². The van der Waals surface area contributed by atoms with E-state index in [4.69, 9.17) is 0 Å². The maximum Gasteiger partial charge on any atom is -0.00115 e. The van der Waals surface area contributed by atoms with Crippen LogP contribution in [0, 0.1) is 5.92 Å². The van der Waals surface area contributed by atoms with Crippen LogP contribution in [-0.2, 0) is 0 Å². The van der Waals surface area contributed by atoms with Crippen LogP contribution in [0.5, 0.6) is 0 Å². The lowest BCUT2D eigenvalue weighted by atomic mass is 9.97. The zero-order valence-corrected chi connectivity index (χ0v) is 11.3. The fourth-order valence-electron chi connectivity index (χ4n) is 3.25. The van der Waals surface area contributed by atoms with E-state index in [0.29, 0.717) is 0 Å². The van der Waals surface area contributed by atoms with Gasteiger partial charge in [0.25, 0.3) is 0 Å². The first kappa shape index (κ1) is 13.1. The van der Waals surface area contributed by atoms with E-state index in [9.17, 15) is 0 Å². The standard InChI is InChI=1S/C16H29N/c1-2-5-11-16(10-4-1)14-17-13-12-15-8-6-3-7-9-15/h8,16-17H,1-7,9-14H2. The van der Waals surface area contributed by atoms with Gasteiger partial charge < -0.3 is 5.32 Å². The first-order valence-electron chi connectivity index (χ1n) is 7.84. The Labute approximate surface area is 107 Å². The lowest BCUT2D eigenvalue weighted by molar-refractivity contribution is 0.426. The topological polar surface area (TPSA) is 12.0 Å². The van der Waals surface area contributed by atoms with Crippen LogP contribution in [0.4, 0.5) is 0 Å². The fourth-order valence-corrected chi connectivity index (χ4v) is 3.25. The summed E-state index contributed by atoms with van der Waals surface area (Å²) in [5.74, 6) is 0.970. The Morgan fingerprint density at radius 2 is 1.82 bits per heavy atom. The third-order valence-corrected chi connectivity index (χ3v) is 4.42. The molecule has 0 spiro atoms. The summed E-state index contributed by atoms with van der Waals surface area (Å²) >= 11 is 0. The normalized spacial score (nSPS) is 23.2. The summed E-state index contributed by atoms with van der Waals surface area (Å²) in [7, 11) is 0. The van der Waals surface area contributed by atoms with E-state index in [0.717, 1.165) is 5.92 Å². The minimum Gasteiger partial charge on any atom is -0.316 e. The van der Waals surface area contributed by atoms with Crippen molar-refractivity contribution in [2.24, 2.45) is 5.92 Å². The van der Waals surface area contributed by atoms with Crippen molar-refractivity contribution in [2.75, 3.05) is 13.1 Å². The van der Waals surface area contributed by atoms with Gasteiger partial charge in [0.2, 0.25) is 0 Å². The minimum absolute atomic E-state index is 0.970. The summed E-state index contributed by atoms with van der Waals surface area (Å²) in [6, 6.07) is 0. The highest BCUT2D eigenvalue weighted by Crippen LogP contribution is 2.22. The molecule has 1 heteroatoms. The van der Waals surface area contributed by atoms with Crippen LogP contribution in [0.3, 0.4) is 0 Å². The molecule has 0 saturated heterocycles. The molecule has 1 saturated carbocycles. The third-order valence-electron chi connectivity index (χ3n) is 4.42. The fraction of sp³-hybridized carbons (Fsp3) is 0.875. The molecule has 0 atom stereocenters. The van der Waals surface area contributed by atoms with Gasteiger partial charge in [-0.3, -0.25) is 0 Å². The van der Waals surface area contributed by atoms with Gasteiger partial charge in [-0.05, 0) is 64.0 Å². The monoisotopic (exact) mass is 235 g/mol. The number of hydrogen-bond donors (Lipinski definition) is 1. The second kappa shape index (κ2) is 7.92. The Bertz CT molecular complexity index is 224. The van der Waals surface area contributed by atoms with Crippen LogP contribution in [0.2, 0.25) is 0 Å². The molecule has 0 aromatic carbocycles. The molecule has 0 heterocycles. The molecule has 0 amide bonds. The lowest BCUT2D eigenvalue weighted by Gasteiger charge is -2.16. The highest BCUT2D eigenvalue weighted by Gasteiger charge is 2.11. The third kappa shape index (κ3) is 5.25. The second-order valence-corrected chi connectivity index (χ2v) is 5.92. The molecule has 1 nitrogen and oxygen atoms in total. The average Bonchev–Trinajstić information content (AvgIpc) is 2.65. The maximum absolute atomic E-state index is 3.69. The van der Waals surface area contributed by atoms with Gasteiger partial charge in [-0.25, -0.2) is 0 Å². The van der Waals surface area contributed by atoms with Gasteiger partial charge in [0.1, 0.15) is 0 Å². The number of rotatable bonds is 5. The lowest BCUT2D eigenvalue weighted by Crippen LogP contribution is -2.24. The van der Waals surface area contributed by atoms with Crippen molar-refractivity contribution in [2.45, 2.75) is 70.6 Å². The number of hydrogen-bond acceptors (Lipinski definition) is 1. The van der Waals surface area contributed by atoms with Crippen LogP contribution in [-0.4, -0.2) is 13.1 Å². The van der Waals surface area contributed by atoms with Gasteiger partial charge in [0.15, 0.2) is 0 Å². The van der Waals surface area contributed by atoms with E-state index < -0.39 is 0 Å². The minimum atomic E-state index is 0.970. The zero-order chi connectivity index (χ0) is 11.8. The van der Waals surface area contributed by atoms with Crippen LogP contribution >= 0.6 is 0 Å². The molecular weight excluding hydrogens is 206 g/mol. The summed E-state index contributed by atoms with van der Waals surface area (Å²) in [5, 5.41) is 3.69. The Morgan fingerprint density at radius 1 is 1.00 bits per heavy atom. The predicted molar refractivity (Wildman–Crippen MR) is 75.2 cm³/mol. The van der Waals surface area contributed by atoms with E-state index in [-0.39, 0.29) is 0 Å². The van der Waals surface area contributed by atoms with Gasteiger partial charge in [-0.15, -0.1) is 0 Å². The summed E-state index contributed by atoms with van der Waals surface area (Å²) in [5.41, 5.74) is 1.71. The smallest absolute Gasteiger partial charge is 0.00115 e. The van der Waals surface area contributed by atoms with Crippen molar-refractivity contribution in [1.29, 1.82) is 0 Å². The summed E-state index contributed by atoms with van der Waals surface area (Å²) in [6.45, 7) is 2.48. The Hall–Kier alpha value is -0.300. The van der Waals surface area contributed by atoms with Gasteiger partial charge in [-0.1, -0.05) is 37.3 Å². The number of nitrogens with one attached hydrogen (secondary N) is 1. The van der Waals surface area contributed by atoms with Crippen molar-refractivity contribution in [3.63, 3.8) is 0 Å². The van der Waals surface area contributed by atoms with Crippen molar-refractivity contribution in [3.05, 3.63) is 11.6 Å². The highest BCUT2D eigenvalue weighted by atomic mass is 14.9. The summed E-state index contributed by atoms with van der Waals surface area (Å²) < 4.78 is 0. The van der Waals surface area contributed by atoms with E-state index in [1.807, 2.05) is 0 Å². The van der Waals surface area contributed by atoms with E-state index in [1.54, 1.807) is 5.57 Å². The van der Waals surface area contributed by atoms with Crippen molar-refractivity contribution in [1.82, 2.24) is 5.32 Å². The molecule has 2 aliphatic carbocycles. The second-order valence-electron chi connectivity index (χ2n) is 5.92. The van der Waals surface area contributed by atoms with E-state index >= 15 is 0 Å². The first-order chi connectivity index (χ1) is 8.45. The molecule has 0 aromatic heterocycles. The molecule has 1 fully saturated rings. The summed E-state index contributed by atoms with van der Waals surface area (Å²) in [4.78, 5) is 0. The molecule has 17 heavy (non-hydrogen) atoms. The quantitative estimate of drug-likeness (QED) is 0.422. The van der Waals surface area contributed by atoms with Crippen LogP contribution < -0.4 is 5.32 Å². The van der Waals surface area contributed by atoms with E-state index in [1.165, 1.54) is 83.7 Å². The molecule has 0 radical (unpaired) electrons. The molecule has 0 aromatic rings. The van der Waals surface area contributed by atoms with Crippen molar-refractivity contribution >= 4 is 0 Å². The molecular formula is C16H29N. The van der Waals surface area contributed by atoms with Crippen LogP contribution in [0.25, 0.3) is 0 Å². The van der Waals surface area contributed by atoms with Gasteiger partial charge >= 0.3 is 0 Å². The van der Waals surface area contributed by atoms with Crippen LogP contribution in [0.15, 0.2) is 11.6 Å². The van der Waals surface area contributed by atoms with E-state index in [2.05, 4.69) is 11.4 Å². The highest BCUT2D eigenvalue weighted by molar-refractivity contribution is 5.05. The van der Waals surface area contributed by atoms with Crippen molar-refractivity contribution < 1.29 is 0 Å². The molecule has 1 N–H and O–H groups in total. The molecule has 0 bridgehead atoms. The maximum atomic E-state index is 3.69. The average molecular weight is 235 g/mol.